The minimum Gasteiger partial charge on any atom is -0.312 e. The van der Waals surface area contributed by atoms with Crippen molar-refractivity contribution < 1.29 is 0 Å². The van der Waals surface area contributed by atoms with E-state index in [0.29, 0.717) is 0 Å². The molecule has 4 aromatic carbocycles. The third kappa shape index (κ3) is 2.97. The van der Waals surface area contributed by atoms with Gasteiger partial charge in [-0.15, -0.1) is 0 Å². The molecule has 0 saturated heterocycles. The predicted molar refractivity (Wildman–Crippen MR) is 127 cm³/mol. The molecule has 0 saturated carbocycles. The summed E-state index contributed by atoms with van der Waals surface area (Å²) in [5.41, 5.74) is 5.20. The van der Waals surface area contributed by atoms with E-state index in [9.17, 15) is 0 Å². The summed E-state index contributed by atoms with van der Waals surface area (Å²) in [5.74, 6) is 0. The van der Waals surface area contributed by atoms with E-state index in [-0.39, 0.29) is 0 Å². The van der Waals surface area contributed by atoms with E-state index in [1.807, 2.05) is 6.33 Å². The molecule has 1 heterocycles. The van der Waals surface area contributed by atoms with Crippen molar-refractivity contribution in [2.24, 2.45) is 0 Å². The van der Waals surface area contributed by atoms with Crippen LogP contribution in [0.25, 0.3) is 11.0 Å². The summed E-state index contributed by atoms with van der Waals surface area (Å²) >= 11 is 2.37. The average molecular weight is 486 g/mol. The third-order valence-corrected chi connectivity index (χ3v) is 6.12. The number of benzene rings is 4. The smallest absolute Gasteiger partial charge is 0.122 e. The zero-order chi connectivity index (χ0) is 19.7. The third-order valence-electron chi connectivity index (χ3n) is 5.45. The van der Waals surface area contributed by atoms with Crippen LogP contribution in [0.2, 0.25) is 0 Å². The first-order valence-electron chi connectivity index (χ1n) is 9.60. The second kappa shape index (κ2) is 7.48. The van der Waals surface area contributed by atoms with Gasteiger partial charge in [0.05, 0.1) is 17.4 Å². The lowest BCUT2D eigenvalue weighted by molar-refractivity contribution is 0.529. The van der Waals surface area contributed by atoms with Crippen LogP contribution in [0.5, 0.6) is 0 Å². The van der Waals surface area contributed by atoms with Crippen LogP contribution in [0.3, 0.4) is 0 Å². The molecule has 5 rings (SSSR count). The van der Waals surface area contributed by atoms with Crippen molar-refractivity contribution in [1.29, 1.82) is 0 Å². The zero-order valence-corrected chi connectivity index (χ0v) is 17.9. The molecule has 1 aromatic heterocycles. The van der Waals surface area contributed by atoms with Crippen LogP contribution in [-0.2, 0) is 5.54 Å². The van der Waals surface area contributed by atoms with Crippen molar-refractivity contribution in [3.8, 4) is 0 Å². The van der Waals surface area contributed by atoms with Gasteiger partial charge in [0.25, 0.3) is 0 Å². The number of nitrogens with zero attached hydrogens (tertiary/aromatic N) is 2. The minimum atomic E-state index is -0.525. The van der Waals surface area contributed by atoms with Crippen LogP contribution in [0.4, 0.5) is 0 Å². The van der Waals surface area contributed by atoms with E-state index in [0.717, 1.165) is 11.0 Å². The number of imidazole rings is 1. The standard InChI is InChI=1S/C26H19IN2/c27-23-16-17-24-25(18-23)29(19-28-24)26(20-10-4-1-5-11-20,21-12-6-2-7-13-21)22-14-8-3-9-15-22/h1-19H. The highest BCUT2D eigenvalue weighted by atomic mass is 127. The molecule has 2 nitrogen and oxygen atoms in total. The maximum Gasteiger partial charge on any atom is 0.122 e. The van der Waals surface area contributed by atoms with Crippen molar-refractivity contribution in [3.63, 3.8) is 0 Å². The lowest BCUT2D eigenvalue weighted by Crippen LogP contribution is -2.37. The average Bonchev–Trinajstić information content (AvgIpc) is 3.20. The second-order valence-electron chi connectivity index (χ2n) is 7.06. The Hall–Kier alpha value is -2.92. The van der Waals surface area contributed by atoms with Crippen molar-refractivity contribution >= 4 is 33.6 Å². The van der Waals surface area contributed by atoms with Gasteiger partial charge >= 0.3 is 0 Å². The fourth-order valence-electron chi connectivity index (χ4n) is 4.20. The summed E-state index contributed by atoms with van der Waals surface area (Å²) in [5, 5.41) is 0. The summed E-state index contributed by atoms with van der Waals surface area (Å²) in [6.45, 7) is 0. The number of fused-ring (bicyclic) bond motifs is 1. The fourth-order valence-corrected chi connectivity index (χ4v) is 4.68. The topological polar surface area (TPSA) is 17.8 Å². The van der Waals surface area contributed by atoms with E-state index in [1.165, 1.54) is 20.3 Å². The molecule has 0 aliphatic rings. The first-order chi connectivity index (χ1) is 14.3. The molecule has 0 bridgehead atoms. The molecular formula is C26H19IN2. The van der Waals surface area contributed by atoms with E-state index in [4.69, 9.17) is 4.98 Å². The molecular weight excluding hydrogens is 467 g/mol. The van der Waals surface area contributed by atoms with Crippen molar-refractivity contribution in [2.75, 3.05) is 0 Å². The molecule has 0 radical (unpaired) electrons. The Balaban J connectivity index is 1.97. The Morgan fingerprint density at radius 2 is 1.10 bits per heavy atom. The van der Waals surface area contributed by atoms with Crippen molar-refractivity contribution in [1.82, 2.24) is 9.55 Å². The quantitative estimate of drug-likeness (QED) is 0.210. The number of halogens is 1. The van der Waals surface area contributed by atoms with Crippen LogP contribution >= 0.6 is 22.6 Å². The zero-order valence-electron chi connectivity index (χ0n) is 15.7. The number of hydrogen-bond donors (Lipinski definition) is 0. The van der Waals surface area contributed by atoms with Gasteiger partial charge in [0.1, 0.15) is 5.54 Å². The van der Waals surface area contributed by atoms with Gasteiger partial charge in [-0.1, -0.05) is 91.0 Å². The first-order valence-corrected chi connectivity index (χ1v) is 10.7. The van der Waals surface area contributed by atoms with Crippen LogP contribution in [0.15, 0.2) is 116 Å². The van der Waals surface area contributed by atoms with E-state index in [2.05, 4.69) is 136 Å². The summed E-state index contributed by atoms with van der Waals surface area (Å²) in [6, 6.07) is 38.5. The molecule has 0 fully saturated rings. The Kier molecular flexibility index (Phi) is 4.68. The lowest BCUT2D eigenvalue weighted by Gasteiger charge is -2.38. The molecule has 0 aliphatic carbocycles. The molecule has 0 N–H and O–H groups in total. The first kappa shape index (κ1) is 18.1. The highest BCUT2D eigenvalue weighted by molar-refractivity contribution is 14.1. The van der Waals surface area contributed by atoms with Crippen molar-refractivity contribution in [3.05, 3.63) is 136 Å². The summed E-state index contributed by atoms with van der Waals surface area (Å²) < 4.78 is 3.52. The fraction of sp³-hybridized carbons (Fsp3) is 0.0385. The minimum absolute atomic E-state index is 0.525. The number of rotatable bonds is 4. The Bertz CT molecular complexity index is 1150. The SMILES string of the molecule is Ic1ccc2ncn(C(c3ccccc3)(c3ccccc3)c3ccccc3)c2c1. The maximum absolute atomic E-state index is 4.76. The van der Waals surface area contributed by atoms with Gasteiger partial charge in [0, 0.05) is 3.57 Å². The monoisotopic (exact) mass is 486 g/mol. The van der Waals surface area contributed by atoms with E-state index >= 15 is 0 Å². The Morgan fingerprint density at radius 3 is 1.59 bits per heavy atom. The van der Waals surface area contributed by atoms with Crippen LogP contribution in [-0.4, -0.2) is 9.55 Å². The van der Waals surface area contributed by atoms with E-state index in [1.54, 1.807) is 0 Å². The highest BCUT2D eigenvalue weighted by Gasteiger charge is 2.39. The molecule has 3 heteroatoms. The van der Waals surface area contributed by atoms with E-state index < -0.39 is 5.54 Å². The summed E-state index contributed by atoms with van der Waals surface area (Å²) in [6.07, 6.45) is 1.98. The maximum atomic E-state index is 4.76. The van der Waals surface area contributed by atoms with Crippen LogP contribution in [0, 0.1) is 3.57 Å². The van der Waals surface area contributed by atoms with Gasteiger partial charge in [-0.05, 0) is 57.5 Å². The highest BCUT2D eigenvalue weighted by Crippen LogP contribution is 2.42. The number of hydrogen-bond acceptors (Lipinski definition) is 1. The van der Waals surface area contributed by atoms with Gasteiger partial charge in [0.15, 0.2) is 0 Å². The normalized spacial score (nSPS) is 11.6. The lowest BCUT2D eigenvalue weighted by atomic mass is 9.76. The van der Waals surface area contributed by atoms with Gasteiger partial charge in [-0.3, -0.25) is 0 Å². The predicted octanol–water partition coefficient (Wildman–Crippen LogP) is 6.48. The molecule has 0 amide bonds. The van der Waals surface area contributed by atoms with Gasteiger partial charge in [-0.2, -0.15) is 0 Å². The summed E-state index contributed by atoms with van der Waals surface area (Å²) in [7, 11) is 0. The number of aromatic nitrogens is 2. The van der Waals surface area contributed by atoms with Gasteiger partial charge < -0.3 is 4.57 Å². The van der Waals surface area contributed by atoms with Crippen LogP contribution < -0.4 is 0 Å². The molecule has 0 atom stereocenters. The Morgan fingerprint density at radius 1 is 0.621 bits per heavy atom. The van der Waals surface area contributed by atoms with Gasteiger partial charge in [0.2, 0.25) is 0 Å². The van der Waals surface area contributed by atoms with Gasteiger partial charge in [-0.25, -0.2) is 4.98 Å². The molecule has 29 heavy (non-hydrogen) atoms. The Labute approximate surface area is 184 Å². The van der Waals surface area contributed by atoms with Crippen molar-refractivity contribution in [2.45, 2.75) is 5.54 Å². The largest absolute Gasteiger partial charge is 0.312 e. The molecule has 140 valence electrons. The second-order valence-corrected chi connectivity index (χ2v) is 8.30. The molecule has 0 aliphatic heterocycles. The molecule has 5 aromatic rings. The summed E-state index contributed by atoms with van der Waals surface area (Å²) in [4.78, 5) is 4.76. The van der Waals surface area contributed by atoms with Crippen LogP contribution in [0.1, 0.15) is 16.7 Å². The molecule has 0 unspecified atom stereocenters. The molecule has 0 spiro atoms.